The highest BCUT2D eigenvalue weighted by Gasteiger charge is 2.33. The van der Waals surface area contributed by atoms with Gasteiger partial charge in [-0.1, -0.05) is 42.5 Å². The van der Waals surface area contributed by atoms with Crippen molar-refractivity contribution < 1.29 is 14.3 Å². The van der Waals surface area contributed by atoms with Crippen molar-refractivity contribution in [1.82, 2.24) is 4.57 Å². The lowest BCUT2D eigenvalue weighted by molar-refractivity contribution is -0.140. The minimum absolute atomic E-state index is 0.289. The number of aliphatic carboxylic acids is 1. The third kappa shape index (κ3) is 2.72. The highest BCUT2D eigenvalue weighted by molar-refractivity contribution is 7.99. The van der Waals surface area contributed by atoms with Gasteiger partial charge in [0.1, 0.15) is 11.9 Å². The highest BCUT2D eigenvalue weighted by atomic mass is 32.2. The number of rotatable bonds is 3. The molecule has 3 aromatic rings. The van der Waals surface area contributed by atoms with Crippen molar-refractivity contribution in [1.29, 1.82) is 0 Å². The summed E-state index contributed by atoms with van der Waals surface area (Å²) in [5.74, 6) is -1.09. The second-order valence-electron chi connectivity index (χ2n) is 5.98. The van der Waals surface area contributed by atoms with Gasteiger partial charge in [0.2, 0.25) is 0 Å². The fourth-order valence-corrected chi connectivity index (χ4v) is 4.53. The summed E-state index contributed by atoms with van der Waals surface area (Å²) in [5, 5.41) is 10.1. The van der Waals surface area contributed by atoms with E-state index in [1.165, 1.54) is 34.5 Å². The summed E-state index contributed by atoms with van der Waals surface area (Å²) in [6, 6.07) is 16.0. The number of benzene rings is 2. The van der Waals surface area contributed by atoms with Crippen molar-refractivity contribution in [3.63, 3.8) is 0 Å². The largest absolute Gasteiger partial charge is 0.480 e. The molecule has 1 aliphatic heterocycles. The third-order valence-corrected chi connectivity index (χ3v) is 5.56. The van der Waals surface area contributed by atoms with Crippen molar-refractivity contribution in [3.05, 3.63) is 76.8 Å². The first-order valence-electron chi connectivity index (χ1n) is 8.03. The lowest BCUT2D eigenvalue weighted by Gasteiger charge is -2.17. The van der Waals surface area contributed by atoms with Crippen LogP contribution >= 0.6 is 11.8 Å². The first kappa shape index (κ1) is 16.6. The molecule has 130 valence electrons. The number of carboxylic acid groups (broad SMARTS) is 1. The number of fused-ring (bicyclic) bond motifs is 1. The van der Waals surface area contributed by atoms with Crippen LogP contribution in [0.25, 0.3) is 22.3 Å². The molecular weight excluding hydrogens is 353 g/mol. The number of halogens is 1. The van der Waals surface area contributed by atoms with Crippen molar-refractivity contribution in [3.8, 4) is 22.3 Å². The predicted octanol–water partition coefficient (Wildman–Crippen LogP) is 4.05. The Hall–Kier alpha value is -2.86. The van der Waals surface area contributed by atoms with Crippen LogP contribution in [-0.2, 0) is 4.79 Å². The van der Waals surface area contributed by atoms with Gasteiger partial charge in [-0.25, -0.2) is 9.18 Å². The Morgan fingerprint density at radius 1 is 1.08 bits per heavy atom. The van der Waals surface area contributed by atoms with E-state index in [-0.39, 0.29) is 17.1 Å². The average molecular weight is 367 g/mol. The lowest BCUT2D eigenvalue weighted by Crippen LogP contribution is -2.28. The SMILES string of the molecule is O=C(O)[C@@H]1CSc2c(-c3ccc(F)cc3)c(-c3ccccc3)cc(=O)n21. The molecule has 0 unspecified atom stereocenters. The molecule has 2 heterocycles. The second kappa shape index (κ2) is 6.46. The second-order valence-corrected chi connectivity index (χ2v) is 6.99. The molecule has 0 saturated carbocycles. The molecule has 0 spiro atoms. The van der Waals surface area contributed by atoms with Gasteiger partial charge in [0, 0.05) is 17.4 Å². The first-order chi connectivity index (χ1) is 12.6. The van der Waals surface area contributed by atoms with Crippen LogP contribution in [0.1, 0.15) is 6.04 Å². The van der Waals surface area contributed by atoms with Gasteiger partial charge in [0.15, 0.2) is 0 Å². The van der Waals surface area contributed by atoms with Gasteiger partial charge < -0.3 is 5.11 Å². The van der Waals surface area contributed by atoms with Crippen LogP contribution in [-0.4, -0.2) is 21.4 Å². The van der Waals surface area contributed by atoms with E-state index in [0.717, 1.165) is 16.7 Å². The number of hydrogen-bond donors (Lipinski definition) is 1. The summed E-state index contributed by atoms with van der Waals surface area (Å²) in [5.41, 5.74) is 2.72. The van der Waals surface area contributed by atoms with E-state index >= 15 is 0 Å². The standard InChI is InChI=1S/C20H14FNO3S/c21-14-8-6-13(7-9-14)18-15(12-4-2-1-3-5-12)10-17(23)22-16(20(24)25)11-26-19(18)22/h1-10,16H,11H2,(H,24,25)/t16-/m0/s1. The summed E-state index contributed by atoms with van der Waals surface area (Å²) in [7, 11) is 0. The highest BCUT2D eigenvalue weighted by Crippen LogP contribution is 2.43. The van der Waals surface area contributed by atoms with Gasteiger partial charge in [-0.15, -0.1) is 11.8 Å². The molecule has 2 aromatic carbocycles. The summed E-state index contributed by atoms with van der Waals surface area (Å²) in [6.45, 7) is 0. The molecular formula is C20H14FNO3S. The monoisotopic (exact) mass is 367 g/mol. The zero-order valence-corrected chi connectivity index (χ0v) is 14.4. The van der Waals surface area contributed by atoms with Gasteiger partial charge >= 0.3 is 5.97 Å². The van der Waals surface area contributed by atoms with E-state index in [4.69, 9.17) is 0 Å². The topological polar surface area (TPSA) is 59.3 Å². The lowest BCUT2D eigenvalue weighted by atomic mass is 9.96. The molecule has 4 rings (SSSR count). The minimum atomic E-state index is -1.03. The maximum absolute atomic E-state index is 13.4. The Bertz CT molecular complexity index is 1050. The number of aromatic nitrogens is 1. The molecule has 6 heteroatoms. The molecule has 0 saturated heterocycles. The van der Waals surface area contributed by atoms with Crippen molar-refractivity contribution in [2.45, 2.75) is 11.1 Å². The van der Waals surface area contributed by atoms with E-state index in [0.29, 0.717) is 10.6 Å². The first-order valence-corrected chi connectivity index (χ1v) is 9.01. The fourth-order valence-electron chi connectivity index (χ4n) is 3.19. The summed E-state index contributed by atoms with van der Waals surface area (Å²) in [6.07, 6.45) is 0. The van der Waals surface area contributed by atoms with E-state index in [1.807, 2.05) is 30.3 Å². The van der Waals surface area contributed by atoms with Crippen LogP contribution in [0, 0.1) is 5.82 Å². The molecule has 1 aliphatic rings. The normalized spacial score (nSPS) is 15.7. The molecule has 4 nitrogen and oxygen atoms in total. The van der Waals surface area contributed by atoms with Crippen molar-refractivity contribution in [2.24, 2.45) is 0 Å². The maximum Gasteiger partial charge on any atom is 0.327 e. The van der Waals surface area contributed by atoms with Gasteiger partial charge in [0.25, 0.3) is 5.56 Å². The van der Waals surface area contributed by atoms with Gasteiger partial charge in [-0.2, -0.15) is 0 Å². The summed E-state index contributed by atoms with van der Waals surface area (Å²) < 4.78 is 14.7. The van der Waals surface area contributed by atoms with E-state index in [2.05, 4.69) is 0 Å². The zero-order chi connectivity index (χ0) is 18.3. The fraction of sp³-hybridized carbons (Fsp3) is 0.100. The predicted molar refractivity (Wildman–Crippen MR) is 98.9 cm³/mol. The molecule has 0 radical (unpaired) electrons. The molecule has 0 fully saturated rings. The molecule has 26 heavy (non-hydrogen) atoms. The molecule has 1 aromatic heterocycles. The summed E-state index contributed by atoms with van der Waals surface area (Å²) >= 11 is 1.34. The van der Waals surface area contributed by atoms with Gasteiger partial charge in [0.05, 0.1) is 5.03 Å². The Balaban J connectivity index is 2.05. The molecule has 0 amide bonds. The van der Waals surface area contributed by atoms with Crippen molar-refractivity contribution in [2.75, 3.05) is 5.75 Å². The summed E-state index contributed by atoms with van der Waals surface area (Å²) in [4.78, 5) is 24.2. The number of carbonyl (C=O) groups is 1. The van der Waals surface area contributed by atoms with E-state index in [1.54, 1.807) is 12.1 Å². The van der Waals surface area contributed by atoms with Crippen LogP contribution in [0.5, 0.6) is 0 Å². The molecule has 1 atom stereocenters. The van der Waals surface area contributed by atoms with E-state index in [9.17, 15) is 19.1 Å². The number of hydrogen-bond acceptors (Lipinski definition) is 3. The molecule has 0 bridgehead atoms. The minimum Gasteiger partial charge on any atom is -0.480 e. The van der Waals surface area contributed by atoms with Gasteiger partial charge in [-0.3, -0.25) is 9.36 Å². The Kier molecular flexibility index (Phi) is 4.12. The van der Waals surface area contributed by atoms with Crippen LogP contribution in [0.4, 0.5) is 4.39 Å². The number of nitrogens with zero attached hydrogens (tertiary/aromatic N) is 1. The Morgan fingerprint density at radius 2 is 1.77 bits per heavy atom. The Morgan fingerprint density at radius 3 is 2.42 bits per heavy atom. The van der Waals surface area contributed by atoms with Crippen LogP contribution in [0.3, 0.4) is 0 Å². The van der Waals surface area contributed by atoms with Gasteiger partial charge in [-0.05, 0) is 28.8 Å². The smallest absolute Gasteiger partial charge is 0.327 e. The third-order valence-electron chi connectivity index (χ3n) is 4.40. The van der Waals surface area contributed by atoms with Crippen LogP contribution in [0.15, 0.2) is 70.5 Å². The van der Waals surface area contributed by atoms with Crippen LogP contribution < -0.4 is 5.56 Å². The Labute approximate surface area is 152 Å². The van der Waals surface area contributed by atoms with E-state index < -0.39 is 12.0 Å². The quantitative estimate of drug-likeness (QED) is 0.759. The number of thioether (sulfide) groups is 1. The number of carboxylic acids is 1. The molecule has 1 N–H and O–H groups in total. The average Bonchev–Trinajstić information content (AvgIpc) is 3.09. The number of pyridine rings is 1. The zero-order valence-electron chi connectivity index (χ0n) is 13.6. The van der Waals surface area contributed by atoms with Crippen LogP contribution in [0.2, 0.25) is 0 Å². The maximum atomic E-state index is 13.4. The van der Waals surface area contributed by atoms with Crippen molar-refractivity contribution >= 4 is 17.7 Å². The molecule has 0 aliphatic carbocycles.